The van der Waals surface area contributed by atoms with Gasteiger partial charge in [0.2, 0.25) is 0 Å². The highest BCUT2D eigenvalue weighted by molar-refractivity contribution is 7.10. The molecule has 3 rings (SSSR count). The molecular formula is C17H17NOS2. The maximum atomic E-state index is 5.30. The summed E-state index contributed by atoms with van der Waals surface area (Å²) in [7, 11) is 1.70. The van der Waals surface area contributed by atoms with Crippen LogP contribution in [0.1, 0.15) is 15.8 Å². The van der Waals surface area contributed by atoms with Crippen molar-refractivity contribution in [2.24, 2.45) is 0 Å². The lowest BCUT2D eigenvalue weighted by atomic mass is 10.1. The molecule has 1 unspecified atom stereocenters. The number of hydrogen-bond donors (Lipinski definition) is 1. The van der Waals surface area contributed by atoms with E-state index in [2.05, 4.69) is 46.4 Å². The van der Waals surface area contributed by atoms with Crippen molar-refractivity contribution in [3.8, 4) is 5.75 Å². The van der Waals surface area contributed by atoms with Crippen LogP contribution in [0.25, 0.3) is 0 Å². The number of hydrogen-bond acceptors (Lipinski definition) is 4. The van der Waals surface area contributed by atoms with Gasteiger partial charge in [0.15, 0.2) is 0 Å². The zero-order valence-corrected chi connectivity index (χ0v) is 13.4. The normalized spacial score (nSPS) is 12.0. The number of thiophene rings is 2. The van der Waals surface area contributed by atoms with E-state index in [0.717, 1.165) is 17.9 Å². The fourth-order valence-electron chi connectivity index (χ4n) is 2.26. The molecule has 0 aliphatic rings. The molecule has 0 bridgehead atoms. The number of ether oxygens (including phenoxy) is 1. The lowest BCUT2D eigenvalue weighted by molar-refractivity contribution is 0.415. The van der Waals surface area contributed by atoms with Gasteiger partial charge in [-0.3, -0.25) is 0 Å². The Bertz CT molecular complexity index is 662. The summed E-state index contributed by atoms with van der Waals surface area (Å²) in [6, 6.07) is 17.0. The maximum Gasteiger partial charge on any atom is 0.120 e. The minimum absolute atomic E-state index is 0.288. The van der Waals surface area contributed by atoms with Gasteiger partial charge in [-0.2, -0.15) is 0 Å². The van der Waals surface area contributed by atoms with Crippen molar-refractivity contribution in [2.45, 2.75) is 12.5 Å². The van der Waals surface area contributed by atoms with Gasteiger partial charge in [-0.15, -0.1) is 22.7 Å². The summed E-state index contributed by atoms with van der Waals surface area (Å²) in [5.41, 5.74) is 1.09. The second-order valence-corrected chi connectivity index (χ2v) is 6.74. The highest BCUT2D eigenvalue weighted by Gasteiger charge is 2.14. The predicted octanol–water partition coefficient (Wildman–Crippen LogP) is 5.21. The summed E-state index contributed by atoms with van der Waals surface area (Å²) in [5, 5.41) is 7.89. The molecule has 1 aromatic carbocycles. The highest BCUT2D eigenvalue weighted by atomic mass is 32.1. The van der Waals surface area contributed by atoms with Crippen molar-refractivity contribution < 1.29 is 4.74 Å². The number of benzene rings is 1. The fraction of sp³-hybridized carbons (Fsp3) is 0.176. The molecule has 2 aromatic heterocycles. The third-order valence-corrected chi connectivity index (χ3v) is 5.17. The van der Waals surface area contributed by atoms with E-state index in [1.54, 1.807) is 29.8 Å². The first kappa shape index (κ1) is 14.2. The van der Waals surface area contributed by atoms with Crippen LogP contribution < -0.4 is 10.1 Å². The molecule has 1 atom stereocenters. The van der Waals surface area contributed by atoms with E-state index in [9.17, 15) is 0 Å². The topological polar surface area (TPSA) is 21.3 Å². The van der Waals surface area contributed by atoms with Crippen molar-refractivity contribution in [3.63, 3.8) is 0 Å². The Morgan fingerprint density at radius 3 is 2.62 bits per heavy atom. The summed E-state index contributed by atoms with van der Waals surface area (Å²) in [6.07, 6.45) is 0.995. The largest absolute Gasteiger partial charge is 0.497 e. The molecule has 0 spiro atoms. The summed E-state index contributed by atoms with van der Waals surface area (Å²) in [4.78, 5) is 2.75. The number of nitrogens with one attached hydrogen (secondary N) is 1. The molecule has 108 valence electrons. The molecule has 0 saturated heterocycles. The van der Waals surface area contributed by atoms with Crippen molar-refractivity contribution in [2.75, 3.05) is 12.4 Å². The van der Waals surface area contributed by atoms with E-state index in [-0.39, 0.29) is 6.04 Å². The second kappa shape index (κ2) is 6.78. The molecule has 0 amide bonds. The van der Waals surface area contributed by atoms with Crippen LogP contribution >= 0.6 is 22.7 Å². The molecule has 2 nitrogen and oxygen atoms in total. The molecule has 0 aliphatic heterocycles. The Balaban J connectivity index is 1.81. The Morgan fingerprint density at radius 1 is 1.05 bits per heavy atom. The van der Waals surface area contributed by atoms with Gasteiger partial charge in [0.05, 0.1) is 13.2 Å². The molecule has 2 heterocycles. The smallest absolute Gasteiger partial charge is 0.120 e. The quantitative estimate of drug-likeness (QED) is 0.674. The maximum absolute atomic E-state index is 5.30. The lowest BCUT2D eigenvalue weighted by Gasteiger charge is -2.18. The van der Waals surface area contributed by atoms with Crippen molar-refractivity contribution in [1.29, 1.82) is 0 Å². The third kappa shape index (κ3) is 3.65. The van der Waals surface area contributed by atoms with Crippen LogP contribution in [0.4, 0.5) is 5.69 Å². The Kier molecular flexibility index (Phi) is 4.58. The van der Waals surface area contributed by atoms with Crippen molar-refractivity contribution in [3.05, 3.63) is 69.0 Å². The number of anilines is 1. The highest BCUT2D eigenvalue weighted by Crippen LogP contribution is 2.29. The Hall–Kier alpha value is -1.78. The molecule has 4 heteroatoms. The summed E-state index contributed by atoms with van der Waals surface area (Å²) in [6.45, 7) is 0. The zero-order valence-electron chi connectivity index (χ0n) is 11.8. The Morgan fingerprint density at radius 2 is 1.90 bits per heavy atom. The molecule has 0 radical (unpaired) electrons. The average molecular weight is 315 g/mol. The molecule has 21 heavy (non-hydrogen) atoms. The third-order valence-electron chi connectivity index (χ3n) is 3.28. The van der Waals surface area contributed by atoms with Crippen LogP contribution in [0.5, 0.6) is 5.75 Å². The number of rotatable bonds is 6. The van der Waals surface area contributed by atoms with Crippen LogP contribution in [0.15, 0.2) is 59.3 Å². The van der Waals surface area contributed by atoms with Gasteiger partial charge in [-0.25, -0.2) is 0 Å². The van der Waals surface area contributed by atoms with Gasteiger partial charge in [-0.05, 0) is 35.0 Å². The zero-order chi connectivity index (χ0) is 14.5. The first-order valence-corrected chi connectivity index (χ1v) is 8.57. The SMILES string of the molecule is COc1cccc(NC(Cc2cccs2)c2cccs2)c1. The standard InChI is InChI=1S/C17H17NOS2/c1-19-14-6-2-5-13(11-14)18-16(17-8-4-10-21-17)12-15-7-3-9-20-15/h2-11,16,18H,12H2,1H3. The van der Waals surface area contributed by atoms with Gasteiger partial charge >= 0.3 is 0 Å². The van der Waals surface area contributed by atoms with Crippen LogP contribution in [0.3, 0.4) is 0 Å². The van der Waals surface area contributed by atoms with Gasteiger partial charge in [0, 0.05) is 27.9 Å². The van der Waals surface area contributed by atoms with Crippen LogP contribution in [0, 0.1) is 0 Å². The van der Waals surface area contributed by atoms with E-state index in [4.69, 9.17) is 4.74 Å². The van der Waals surface area contributed by atoms with Gasteiger partial charge in [0.25, 0.3) is 0 Å². The minimum Gasteiger partial charge on any atom is -0.497 e. The molecule has 0 saturated carbocycles. The van der Waals surface area contributed by atoms with Gasteiger partial charge < -0.3 is 10.1 Å². The summed E-state index contributed by atoms with van der Waals surface area (Å²) < 4.78 is 5.30. The van der Waals surface area contributed by atoms with Crippen molar-refractivity contribution >= 4 is 28.4 Å². The predicted molar refractivity (Wildman–Crippen MR) is 91.7 cm³/mol. The first-order chi connectivity index (χ1) is 10.3. The molecule has 1 N–H and O–H groups in total. The molecule has 3 aromatic rings. The monoisotopic (exact) mass is 315 g/mol. The fourth-order valence-corrected chi connectivity index (χ4v) is 3.79. The van der Waals surface area contributed by atoms with Crippen LogP contribution in [-0.2, 0) is 6.42 Å². The molecular weight excluding hydrogens is 298 g/mol. The van der Waals surface area contributed by atoms with E-state index >= 15 is 0 Å². The van der Waals surface area contributed by atoms with Crippen molar-refractivity contribution in [1.82, 2.24) is 0 Å². The summed E-state index contributed by atoms with van der Waals surface area (Å²) >= 11 is 3.60. The summed E-state index contributed by atoms with van der Waals surface area (Å²) in [5.74, 6) is 0.876. The van der Waals surface area contributed by atoms with E-state index in [1.165, 1.54) is 9.75 Å². The minimum atomic E-state index is 0.288. The average Bonchev–Trinajstić information content (AvgIpc) is 3.20. The Labute approximate surface area is 133 Å². The first-order valence-electron chi connectivity index (χ1n) is 6.81. The molecule has 0 fully saturated rings. The second-order valence-electron chi connectivity index (χ2n) is 4.73. The van der Waals surface area contributed by atoms with E-state index in [1.807, 2.05) is 18.2 Å². The van der Waals surface area contributed by atoms with E-state index < -0.39 is 0 Å². The van der Waals surface area contributed by atoms with Crippen LogP contribution in [0.2, 0.25) is 0 Å². The molecule has 0 aliphatic carbocycles. The lowest BCUT2D eigenvalue weighted by Crippen LogP contribution is -2.11. The van der Waals surface area contributed by atoms with Gasteiger partial charge in [-0.1, -0.05) is 18.2 Å². The van der Waals surface area contributed by atoms with Gasteiger partial charge in [0.1, 0.15) is 5.75 Å². The van der Waals surface area contributed by atoms with E-state index in [0.29, 0.717) is 0 Å². The van der Waals surface area contributed by atoms with Crippen LogP contribution in [-0.4, -0.2) is 7.11 Å². The number of methoxy groups -OCH3 is 1.